The number of aliphatic hydroxyl groups excluding tert-OH is 1. The minimum Gasteiger partial charge on any atom is -0.479 e. The van der Waals surface area contributed by atoms with Crippen LogP contribution in [-0.4, -0.2) is 115 Å². The van der Waals surface area contributed by atoms with Gasteiger partial charge in [-0.3, -0.25) is 29.4 Å². The van der Waals surface area contributed by atoms with Gasteiger partial charge in [0.05, 0.1) is 18.4 Å². The zero-order valence-electron chi connectivity index (χ0n) is 24.6. The Morgan fingerprint density at radius 3 is 2.48 bits per heavy atom. The number of nitrogens with two attached hydrogens (primary N) is 1. The molecule has 0 aromatic heterocycles. The fourth-order valence-corrected chi connectivity index (χ4v) is 4.47. The number of carbonyl (C=O) groups is 7. The summed E-state index contributed by atoms with van der Waals surface area (Å²) in [6, 6.07) is 3.09. The highest BCUT2D eigenvalue weighted by atomic mass is 16.7. The number of rotatable bonds is 16. The third-order valence-corrected chi connectivity index (χ3v) is 6.63. The predicted molar refractivity (Wildman–Crippen MR) is 154 cm³/mol. The Hall–Kier alpha value is -4.59. The van der Waals surface area contributed by atoms with Crippen molar-refractivity contribution in [1.82, 2.24) is 15.5 Å². The minimum atomic E-state index is -1.32. The Morgan fingerprint density at radius 2 is 1.83 bits per heavy atom. The lowest BCUT2D eigenvalue weighted by Crippen LogP contribution is -2.53. The first-order valence-electron chi connectivity index (χ1n) is 14.1. The molecule has 18 nitrogen and oxygen atoms in total. The highest BCUT2D eigenvalue weighted by Gasteiger charge is 2.38. The van der Waals surface area contributed by atoms with E-state index < -0.39 is 72.5 Å². The summed E-state index contributed by atoms with van der Waals surface area (Å²) >= 11 is 0. The average Bonchev–Trinajstić information content (AvgIpc) is 3.32. The van der Waals surface area contributed by atoms with E-state index in [1.807, 2.05) is 0 Å². The molecule has 0 saturated carbocycles. The number of likely N-dealkylation sites (tertiary alicyclic amines) is 1. The van der Waals surface area contributed by atoms with E-state index in [1.54, 1.807) is 0 Å². The van der Waals surface area contributed by atoms with Crippen LogP contribution in [0.1, 0.15) is 37.7 Å². The smallest absolute Gasteiger partial charge is 0.409 e. The van der Waals surface area contributed by atoms with E-state index in [9.17, 15) is 43.8 Å². The van der Waals surface area contributed by atoms with Gasteiger partial charge >= 0.3 is 12.1 Å². The second-order valence-corrected chi connectivity index (χ2v) is 10.2. The van der Waals surface area contributed by atoms with Gasteiger partial charge in [0.15, 0.2) is 14.0 Å². The van der Waals surface area contributed by atoms with Crippen molar-refractivity contribution in [3.05, 3.63) is 23.8 Å². The molecule has 0 unspecified atom stereocenters. The molecule has 0 bridgehead atoms. The first kappa shape index (κ1) is 35.9. The SMILES string of the molecule is [B]C(=O)COCNC(=O)OCc1ccc(O[C@H]2C[C@@H](O)C[C@@H](C(=O)O)O2)c(NC(=O)CCNC(=O)[C@H](CN)N2C(=O)CCC2=O)c1. The summed E-state index contributed by atoms with van der Waals surface area (Å²) in [6.07, 6.45) is -4.91. The number of alkyl carbamates (subject to hydrolysis) is 1. The molecule has 7 N–H and O–H groups in total. The molecule has 2 aliphatic heterocycles. The molecular weight excluding hydrogens is 613 g/mol. The van der Waals surface area contributed by atoms with Crippen LogP contribution in [0, 0.1) is 0 Å². The monoisotopic (exact) mass is 647 g/mol. The number of benzene rings is 1. The van der Waals surface area contributed by atoms with E-state index in [4.69, 9.17) is 32.5 Å². The topological polar surface area (TPSA) is 262 Å². The predicted octanol–water partition coefficient (Wildman–Crippen LogP) is -2.17. The standard InChI is InChI=1S/C27H34BN5O13/c28-20(35)12-43-13-31-27(42)44-11-14-1-2-18(45-24-9-15(34)8-19(46-24)26(40)41)16(7-14)32-21(36)5-6-30-25(39)17(10-29)33-22(37)3-4-23(33)38/h1-2,7,15,17,19,24,34H,3-6,8-13,29H2,(H,30,39)(H,31,42)(H,32,36)(H,40,41)/t15-,17-,19-,24+/m0/s1. The summed E-state index contributed by atoms with van der Waals surface area (Å²) in [7, 11) is 4.94. The zero-order valence-corrected chi connectivity index (χ0v) is 24.6. The maximum Gasteiger partial charge on any atom is 0.409 e. The lowest BCUT2D eigenvalue weighted by atomic mass is 10.1. The fraction of sp³-hybridized carbons (Fsp3) is 0.519. The van der Waals surface area contributed by atoms with E-state index in [0.29, 0.717) is 5.56 Å². The molecule has 2 fully saturated rings. The average molecular weight is 647 g/mol. The van der Waals surface area contributed by atoms with Crippen LogP contribution in [0.25, 0.3) is 0 Å². The third-order valence-electron chi connectivity index (χ3n) is 6.63. The maximum atomic E-state index is 12.9. The summed E-state index contributed by atoms with van der Waals surface area (Å²) in [5.41, 5.74) is 5.33. The van der Waals surface area contributed by atoms with Gasteiger partial charge in [0.25, 0.3) is 0 Å². The van der Waals surface area contributed by atoms with Gasteiger partial charge in [-0.25, -0.2) is 9.59 Å². The van der Waals surface area contributed by atoms with Crippen molar-refractivity contribution in [3.8, 4) is 5.75 Å². The van der Waals surface area contributed by atoms with Crippen molar-refractivity contribution >= 4 is 54.9 Å². The highest BCUT2D eigenvalue weighted by molar-refractivity contribution is 6.58. The number of ether oxygens (including phenoxy) is 4. The number of imide groups is 1. The highest BCUT2D eigenvalue weighted by Crippen LogP contribution is 2.31. The van der Waals surface area contributed by atoms with Crippen LogP contribution in [-0.2, 0) is 49.6 Å². The van der Waals surface area contributed by atoms with Gasteiger partial charge in [0.2, 0.25) is 29.9 Å². The molecule has 248 valence electrons. The van der Waals surface area contributed by atoms with Gasteiger partial charge in [-0.15, -0.1) is 0 Å². The summed E-state index contributed by atoms with van der Waals surface area (Å²) in [5.74, 6) is -3.60. The van der Waals surface area contributed by atoms with E-state index in [-0.39, 0.29) is 70.0 Å². The Balaban J connectivity index is 1.64. The molecule has 1 aromatic rings. The molecule has 5 amide bonds. The van der Waals surface area contributed by atoms with Crippen LogP contribution in [0.15, 0.2) is 18.2 Å². The van der Waals surface area contributed by atoms with Gasteiger partial charge in [-0.1, -0.05) is 6.07 Å². The maximum absolute atomic E-state index is 12.9. The Bertz CT molecular complexity index is 1310. The number of nitrogens with zero attached hydrogens (tertiary/aromatic N) is 1. The van der Waals surface area contributed by atoms with Crippen molar-refractivity contribution in [2.45, 2.75) is 63.3 Å². The fourth-order valence-electron chi connectivity index (χ4n) is 4.47. The summed E-state index contributed by atoms with van der Waals surface area (Å²) < 4.78 is 21.1. The number of nitrogens with one attached hydrogen (secondary N) is 3. The minimum absolute atomic E-state index is 0.0165. The normalized spacial score (nSPS) is 20.0. The van der Waals surface area contributed by atoms with Crippen LogP contribution in [0.3, 0.4) is 0 Å². The summed E-state index contributed by atoms with van der Waals surface area (Å²) in [6.45, 7) is -1.52. The molecule has 2 radical (unpaired) electrons. The molecule has 46 heavy (non-hydrogen) atoms. The van der Waals surface area contributed by atoms with Crippen LogP contribution in [0.2, 0.25) is 0 Å². The van der Waals surface area contributed by atoms with Gasteiger partial charge in [0, 0.05) is 45.2 Å². The Morgan fingerprint density at radius 1 is 1.11 bits per heavy atom. The molecule has 2 saturated heterocycles. The lowest BCUT2D eigenvalue weighted by Gasteiger charge is -2.31. The first-order chi connectivity index (χ1) is 21.9. The number of anilines is 1. The third kappa shape index (κ3) is 10.8. The summed E-state index contributed by atoms with van der Waals surface area (Å²) in [4.78, 5) is 84.3. The molecule has 3 rings (SSSR count). The van der Waals surface area contributed by atoms with Crippen molar-refractivity contribution in [2.24, 2.45) is 5.73 Å². The molecule has 19 heteroatoms. The molecule has 2 heterocycles. The number of carbonyl (C=O) groups excluding carboxylic acids is 6. The van der Waals surface area contributed by atoms with Gasteiger partial charge in [0.1, 0.15) is 30.8 Å². The first-order valence-corrected chi connectivity index (χ1v) is 14.1. The number of aliphatic hydroxyl groups is 1. The largest absolute Gasteiger partial charge is 0.479 e. The van der Waals surface area contributed by atoms with Crippen molar-refractivity contribution in [3.63, 3.8) is 0 Å². The number of hydrogen-bond donors (Lipinski definition) is 6. The van der Waals surface area contributed by atoms with Crippen molar-refractivity contribution in [1.29, 1.82) is 0 Å². The Kier molecular flexibility index (Phi) is 13.4. The van der Waals surface area contributed by atoms with Crippen LogP contribution in [0.4, 0.5) is 10.5 Å². The van der Waals surface area contributed by atoms with E-state index in [0.717, 1.165) is 4.90 Å². The van der Waals surface area contributed by atoms with Crippen LogP contribution >= 0.6 is 0 Å². The van der Waals surface area contributed by atoms with Crippen molar-refractivity contribution < 1.29 is 62.7 Å². The number of carboxylic acid groups (broad SMARTS) is 1. The lowest BCUT2D eigenvalue weighted by molar-refractivity contribution is -0.195. The second-order valence-electron chi connectivity index (χ2n) is 10.2. The van der Waals surface area contributed by atoms with Gasteiger partial charge < -0.3 is 50.3 Å². The van der Waals surface area contributed by atoms with Crippen LogP contribution in [0.5, 0.6) is 5.75 Å². The summed E-state index contributed by atoms with van der Waals surface area (Å²) in [5, 5.41) is 26.7. The van der Waals surface area contributed by atoms with E-state index in [2.05, 4.69) is 16.0 Å². The number of aliphatic carboxylic acids is 1. The zero-order chi connectivity index (χ0) is 33.8. The van der Waals surface area contributed by atoms with E-state index in [1.165, 1.54) is 18.2 Å². The van der Waals surface area contributed by atoms with Gasteiger partial charge in [-0.05, 0) is 17.7 Å². The number of hydrogen-bond acceptors (Lipinski definition) is 13. The molecular formula is C27H34BN5O13. The van der Waals surface area contributed by atoms with E-state index >= 15 is 0 Å². The molecule has 2 aliphatic rings. The number of carboxylic acids is 1. The molecule has 4 atom stereocenters. The molecule has 1 aromatic carbocycles. The Labute approximate surface area is 263 Å². The molecule has 0 spiro atoms. The van der Waals surface area contributed by atoms with Gasteiger partial charge in [-0.2, -0.15) is 0 Å². The quantitative estimate of drug-likeness (QED) is 0.0483. The molecule has 0 aliphatic carbocycles. The van der Waals surface area contributed by atoms with Crippen molar-refractivity contribution in [2.75, 3.05) is 31.7 Å². The van der Waals surface area contributed by atoms with Crippen LogP contribution < -0.4 is 26.4 Å². The number of amides is 5. The second kappa shape index (κ2) is 17.2.